The maximum Gasteiger partial charge on any atom is 0.222 e. The van der Waals surface area contributed by atoms with Gasteiger partial charge in [-0.25, -0.2) is 4.98 Å². The third-order valence-electron chi connectivity index (χ3n) is 4.69. The van der Waals surface area contributed by atoms with Gasteiger partial charge in [-0.15, -0.1) is 0 Å². The second-order valence-corrected chi connectivity index (χ2v) is 6.50. The van der Waals surface area contributed by atoms with Crippen molar-refractivity contribution < 1.29 is 0 Å². The molecule has 3 rings (SSSR count). The van der Waals surface area contributed by atoms with E-state index in [1.54, 1.807) is 0 Å². The van der Waals surface area contributed by atoms with E-state index in [-0.39, 0.29) is 0 Å². The molecule has 0 unspecified atom stereocenters. The zero-order valence-electron chi connectivity index (χ0n) is 14.3. The van der Waals surface area contributed by atoms with Gasteiger partial charge in [-0.3, -0.25) is 4.68 Å². The molecule has 0 saturated carbocycles. The van der Waals surface area contributed by atoms with Gasteiger partial charge in [0.05, 0.1) is 11.9 Å². The number of rotatable bonds is 4. The Morgan fingerprint density at radius 2 is 1.96 bits per heavy atom. The fourth-order valence-corrected chi connectivity index (χ4v) is 3.38. The van der Waals surface area contributed by atoms with Crippen molar-refractivity contribution in [1.29, 1.82) is 0 Å². The van der Waals surface area contributed by atoms with Gasteiger partial charge in [0, 0.05) is 31.4 Å². The molecular formula is C17H26N6. The molecule has 0 aliphatic carbocycles. The number of hydrogen-bond donors (Lipinski definition) is 1. The highest BCUT2D eigenvalue weighted by Gasteiger charge is 2.23. The van der Waals surface area contributed by atoms with E-state index in [4.69, 9.17) is 5.73 Å². The van der Waals surface area contributed by atoms with Gasteiger partial charge in [-0.05, 0) is 44.6 Å². The van der Waals surface area contributed by atoms with Crippen LogP contribution < -0.4 is 10.6 Å². The molecule has 23 heavy (non-hydrogen) atoms. The molecule has 0 amide bonds. The van der Waals surface area contributed by atoms with Crippen molar-refractivity contribution in [1.82, 2.24) is 19.7 Å². The van der Waals surface area contributed by atoms with Crippen LogP contribution in [0.5, 0.6) is 0 Å². The summed E-state index contributed by atoms with van der Waals surface area (Å²) >= 11 is 0. The number of hydrogen-bond acceptors (Lipinski definition) is 5. The second kappa shape index (κ2) is 6.56. The predicted molar refractivity (Wildman–Crippen MR) is 92.5 cm³/mol. The largest absolute Gasteiger partial charge is 0.368 e. The van der Waals surface area contributed by atoms with Crippen LogP contribution >= 0.6 is 0 Å². The van der Waals surface area contributed by atoms with Gasteiger partial charge in [0.1, 0.15) is 5.82 Å². The van der Waals surface area contributed by atoms with Gasteiger partial charge in [0.25, 0.3) is 0 Å². The van der Waals surface area contributed by atoms with E-state index in [1.807, 2.05) is 6.20 Å². The van der Waals surface area contributed by atoms with E-state index >= 15 is 0 Å². The van der Waals surface area contributed by atoms with Crippen molar-refractivity contribution >= 4 is 11.8 Å². The van der Waals surface area contributed by atoms with Crippen LogP contribution in [-0.4, -0.2) is 32.8 Å². The van der Waals surface area contributed by atoms with Crippen LogP contribution in [0.3, 0.4) is 0 Å². The Morgan fingerprint density at radius 1 is 1.22 bits per heavy atom. The van der Waals surface area contributed by atoms with Gasteiger partial charge >= 0.3 is 0 Å². The fourth-order valence-electron chi connectivity index (χ4n) is 3.38. The van der Waals surface area contributed by atoms with Crippen LogP contribution in [-0.2, 0) is 13.0 Å². The lowest BCUT2D eigenvalue weighted by molar-refractivity contribution is 0.341. The first-order valence-electron chi connectivity index (χ1n) is 8.43. The summed E-state index contributed by atoms with van der Waals surface area (Å²) in [5.41, 5.74) is 9.33. The summed E-state index contributed by atoms with van der Waals surface area (Å²) in [7, 11) is 0. The number of aromatic nitrogens is 4. The van der Waals surface area contributed by atoms with E-state index in [0.717, 1.165) is 50.4 Å². The molecule has 2 aromatic rings. The minimum Gasteiger partial charge on any atom is -0.368 e. The van der Waals surface area contributed by atoms with Crippen molar-refractivity contribution in [2.45, 2.75) is 46.6 Å². The molecule has 2 N–H and O–H groups in total. The van der Waals surface area contributed by atoms with Gasteiger partial charge in [0.15, 0.2) is 0 Å². The molecule has 6 nitrogen and oxygen atoms in total. The zero-order chi connectivity index (χ0) is 16.4. The highest BCUT2D eigenvalue weighted by molar-refractivity contribution is 5.51. The van der Waals surface area contributed by atoms with Crippen molar-refractivity contribution in [3.8, 4) is 0 Å². The topological polar surface area (TPSA) is 72.9 Å². The Bertz CT molecular complexity index is 670. The molecular weight excluding hydrogens is 288 g/mol. The Morgan fingerprint density at radius 3 is 2.57 bits per heavy atom. The smallest absolute Gasteiger partial charge is 0.222 e. The van der Waals surface area contributed by atoms with Crippen LogP contribution in [0.1, 0.15) is 36.6 Å². The lowest BCUT2D eigenvalue weighted by atomic mass is 9.96. The first-order chi connectivity index (χ1) is 11.1. The molecule has 3 heterocycles. The van der Waals surface area contributed by atoms with Crippen LogP contribution in [0, 0.1) is 19.8 Å². The first kappa shape index (κ1) is 15.8. The predicted octanol–water partition coefficient (Wildman–Crippen LogP) is 2.35. The summed E-state index contributed by atoms with van der Waals surface area (Å²) < 4.78 is 2.07. The molecule has 0 radical (unpaired) electrons. The van der Waals surface area contributed by atoms with E-state index < -0.39 is 0 Å². The van der Waals surface area contributed by atoms with E-state index in [1.165, 1.54) is 11.1 Å². The SMILES string of the molecule is CCc1nc(N)nc(N2CCC(Cn3cc(C)cn3)CC2)c1C. The highest BCUT2D eigenvalue weighted by Crippen LogP contribution is 2.27. The number of nitrogens with zero attached hydrogens (tertiary/aromatic N) is 5. The normalized spacial score (nSPS) is 16.0. The average Bonchev–Trinajstić information content (AvgIpc) is 2.95. The molecule has 2 aromatic heterocycles. The lowest BCUT2D eigenvalue weighted by Gasteiger charge is -2.33. The quantitative estimate of drug-likeness (QED) is 0.938. The molecule has 0 aromatic carbocycles. The average molecular weight is 314 g/mol. The number of nitrogen functional groups attached to an aromatic ring is 1. The van der Waals surface area contributed by atoms with Gasteiger partial charge < -0.3 is 10.6 Å². The van der Waals surface area contributed by atoms with Crippen LogP contribution in [0.2, 0.25) is 0 Å². The van der Waals surface area contributed by atoms with Gasteiger partial charge in [-0.1, -0.05) is 6.92 Å². The Labute approximate surface area is 137 Å². The number of anilines is 2. The maximum atomic E-state index is 5.88. The Hall–Kier alpha value is -2.11. The monoisotopic (exact) mass is 314 g/mol. The molecule has 0 atom stereocenters. The van der Waals surface area contributed by atoms with Crippen molar-refractivity contribution in [3.63, 3.8) is 0 Å². The summed E-state index contributed by atoms with van der Waals surface area (Å²) in [6.07, 6.45) is 7.25. The minimum absolute atomic E-state index is 0.386. The number of aryl methyl sites for hydroxylation is 2. The van der Waals surface area contributed by atoms with Crippen LogP contribution in [0.25, 0.3) is 0 Å². The zero-order valence-corrected chi connectivity index (χ0v) is 14.3. The first-order valence-corrected chi connectivity index (χ1v) is 8.43. The Balaban J connectivity index is 1.66. The molecule has 1 aliphatic heterocycles. The van der Waals surface area contributed by atoms with Crippen molar-refractivity contribution in [2.75, 3.05) is 23.7 Å². The minimum atomic E-state index is 0.386. The molecule has 124 valence electrons. The summed E-state index contributed by atoms with van der Waals surface area (Å²) in [6.45, 7) is 9.34. The van der Waals surface area contributed by atoms with E-state index in [2.05, 4.69) is 51.6 Å². The highest BCUT2D eigenvalue weighted by atomic mass is 15.3. The summed E-state index contributed by atoms with van der Waals surface area (Å²) in [5, 5.41) is 4.40. The molecule has 0 bridgehead atoms. The van der Waals surface area contributed by atoms with Gasteiger partial charge in [0.2, 0.25) is 5.95 Å². The summed E-state index contributed by atoms with van der Waals surface area (Å²) in [5.74, 6) is 2.08. The molecule has 0 spiro atoms. The molecule has 1 saturated heterocycles. The lowest BCUT2D eigenvalue weighted by Crippen LogP contribution is -2.36. The third kappa shape index (κ3) is 3.46. The van der Waals surface area contributed by atoms with Crippen LogP contribution in [0.15, 0.2) is 12.4 Å². The maximum absolute atomic E-state index is 5.88. The van der Waals surface area contributed by atoms with Gasteiger partial charge in [-0.2, -0.15) is 10.1 Å². The number of nitrogens with two attached hydrogens (primary N) is 1. The molecule has 1 aliphatic rings. The van der Waals surface area contributed by atoms with Crippen molar-refractivity contribution in [2.24, 2.45) is 5.92 Å². The second-order valence-electron chi connectivity index (χ2n) is 6.50. The molecule has 6 heteroatoms. The summed E-state index contributed by atoms with van der Waals surface area (Å²) in [4.78, 5) is 11.2. The van der Waals surface area contributed by atoms with Crippen LogP contribution in [0.4, 0.5) is 11.8 Å². The number of piperidine rings is 1. The van der Waals surface area contributed by atoms with Crippen molar-refractivity contribution in [3.05, 3.63) is 29.2 Å². The van der Waals surface area contributed by atoms with E-state index in [0.29, 0.717) is 11.9 Å². The molecule has 1 fully saturated rings. The Kier molecular flexibility index (Phi) is 4.50. The summed E-state index contributed by atoms with van der Waals surface area (Å²) in [6, 6.07) is 0. The third-order valence-corrected chi connectivity index (χ3v) is 4.69. The standard InChI is InChI=1S/C17H26N6/c1-4-15-13(3)16(21-17(18)20-15)22-7-5-14(6-8-22)11-23-10-12(2)9-19-23/h9-10,14H,4-8,11H2,1-3H3,(H2,18,20,21). The van der Waals surface area contributed by atoms with E-state index in [9.17, 15) is 0 Å². The fraction of sp³-hybridized carbons (Fsp3) is 0.588.